The maximum atomic E-state index is 15.2. The molecule has 2 N–H and O–H groups in total. The lowest BCUT2D eigenvalue weighted by atomic mass is 9.95. The van der Waals surface area contributed by atoms with E-state index in [1.165, 1.54) is 25.5 Å². The Morgan fingerprint density at radius 2 is 1.91 bits per heavy atom. The predicted molar refractivity (Wildman–Crippen MR) is 122 cm³/mol. The highest BCUT2D eigenvalue weighted by Gasteiger charge is 2.30. The summed E-state index contributed by atoms with van der Waals surface area (Å²) >= 11 is 0. The van der Waals surface area contributed by atoms with Gasteiger partial charge in [0.05, 0.1) is 5.69 Å². The standard InChI is InChI=1S/C23H27F2N7O2/c1-23(2,3)22-30-21(34-31-22)13-7-9-32(10-8-13)19-17(25)18(27-12-28-19)29-16-6-5-14(11-15(16)24)20(33)26-4/h5-6,11-13H,7-10H2,1-4H3,(H,26,33)(H,27,28,29). The Hall–Kier alpha value is -3.63. The van der Waals surface area contributed by atoms with E-state index in [1.54, 1.807) is 0 Å². The van der Waals surface area contributed by atoms with E-state index >= 15 is 4.39 Å². The minimum absolute atomic E-state index is 0.000887. The first-order valence-corrected chi connectivity index (χ1v) is 11.1. The van der Waals surface area contributed by atoms with Crippen LogP contribution in [0.1, 0.15) is 61.6 Å². The number of halogens is 2. The molecule has 0 bridgehead atoms. The average Bonchev–Trinajstić information content (AvgIpc) is 3.32. The van der Waals surface area contributed by atoms with Crippen LogP contribution in [0.2, 0.25) is 0 Å². The Bertz CT molecular complexity index is 1180. The van der Waals surface area contributed by atoms with Crippen LogP contribution in [0, 0.1) is 11.6 Å². The molecule has 0 saturated carbocycles. The number of hydrogen-bond donors (Lipinski definition) is 2. The van der Waals surface area contributed by atoms with Gasteiger partial charge in [0.25, 0.3) is 5.91 Å². The van der Waals surface area contributed by atoms with Crippen molar-refractivity contribution in [3.05, 3.63) is 53.4 Å². The summed E-state index contributed by atoms with van der Waals surface area (Å²) < 4.78 is 35.2. The van der Waals surface area contributed by atoms with Crippen LogP contribution in [0.4, 0.5) is 26.1 Å². The molecule has 0 spiro atoms. The molecule has 1 amide bonds. The van der Waals surface area contributed by atoms with Crippen molar-refractivity contribution in [3.8, 4) is 0 Å². The summed E-state index contributed by atoms with van der Waals surface area (Å²) in [6.45, 7) is 7.16. The van der Waals surface area contributed by atoms with Crippen molar-refractivity contribution in [2.75, 3.05) is 30.4 Å². The molecule has 0 aliphatic carbocycles. The molecule has 3 aromatic rings. The number of carbonyl (C=O) groups excluding carboxylic acids is 1. The molecular formula is C23H27F2N7O2. The summed E-state index contributed by atoms with van der Waals surface area (Å²) in [4.78, 5) is 26.1. The van der Waals surface area contributed by atoms with Gasteiger partial charge >= 0.3 is 0 Å². The zero-order valence-corrected chi connectivity index (χ0v) is 19.5. The van der Waals surface area contributed by atoms with Gasteiger partial charge in [-0.1, -0.05) is 25.9 Å². The second-order valence-corrected chi connectivity index (χ2v) is 9.23. The first-order valence-electron chi connectivity index (χ1n) is 11.1. The van der Waals surface area contributed by atoms with Gasteiger partial charge in [-0.25, -0.2) is 14.4 Å². The Balaban J connectivity index is 1.46. The third-order valence-corrected chi connectivity index (χ3v) is 5.74. The van der Waals surface area contributed by atoms with Crippen LogP contribution in [-0.4, -0.2) is 46.2 Å². The summed E-state index contributed by atoms with van der Waals surface area (Å²) in [6, 6.07) is 3.88. The van der Waals surface area contributed by atoms with Crippen LogP contribution in [0.25, 0.3) is 0 Å². The molecule has 34 heavy (non-hydrogen) atoms. The molecule has 0 unspecified atom stereocenters. The van der Waals surface area contributed by atoms with Gasteiger partial charge in [0.15, 0.2) is 17.5 Å². The fourth-order valence-electron chi connectivity index (χ4n) is 3.74. The highest BCUT2D eigenvalue weighted by atomic mass is 19.1. The number of anilines is 3. The van der Waals surface area contributed by atoms with Crippen molar-refractivity contribution in [2.45, 2.75) is 44.9 Å². The number of carbonyl (C=O) groups is 1. The Morgan fingerprint density at radius 1 is 1.18 bits per heavy atom. The van der Waals surface area contributed by atoms with Crippen molar-refractivity contribution >= 4 is 23.2 Å². The smallest absolute Gasteiger partial charge is 0.251 e. The van der Waals surface area contributed by atoms with E-state index in [0.29, 0.717) is 37.6 Å². The van der Waals surface area contributed by atoms with E-state index in [0.717, 1.165) is 6.07 Å². The molecule has 9 nitrogen and oxygen atoms in total. The predicted octanol–water partition coefficient (Wildman–Crippen LogP) is 3.92. The molecule has 1 aliphatic heterocycles. The highest BCUT2D eigenvalue weighted by Crippen LogP contribution is 2.33. The zero-order valence-electron chi connectivity index (χ0n) is 19.5. The second-order valence-electron chi connectivity index (χ2n) is 9.23. The average molecular weight is 472 g/mol. The Labute approximate surface area is 196 Å². The number of rotatable bonds is 5. The SMILES string of the molecule is CNC(=O)c1ccc(Nc2ncnc(N3CCC(c4nc(C(C)(C)C)no4)CC3)c2F)c(F)c1. The summed E-state index contributed by atoms with van der Waals surface area (Å²) in [5.74, 6) is -0.442. The minimum Gasteiger partial charge on any atom is -0.355 e. The van der Waals surface area contributed by atoms with Crippen molar-refractivity contribution < 1.29 is 18.1 Å². The third-order valence-electron chi connectivity index (χ3n) is 5.74. The number of hydrogen-bond acceptors (Lipinski definition) is 8. The fraction of sp³-hybridized carbons (Fsp3) is 0.435. The highest BCUT2D eigenvalue weighted by molar-refractivity contribution is 5.94. The Morgan fingerprint density at radius 3 is 2.53 bits per heavy atom. The van der Waals surface area contributed by atoms with E-state index in [9.17, 15) is 9.18 Å². The third kappa shape index (κ3) is 4.82. The van der Waals surface area contributed by atoms with Crippen molar-refractivity contribution in [1.82, 2.24) is 25.4 Å². The maximum Gasteiger partial charge on any atom is 0.251 e. The van der Waals surface area contributed by atoms with Gasteiger partial charge in [0, 0.05) is 37.0 Å². The van der Waals surface area contributed by atoms with Gasteiger partial charge in [0.1, 0.15) is 12.1 Å². The molecule has 0 radical (unpaired) electrons. The number of nitrogens with one attached hydrogen (secondary N) is 2. The van der Waals surface area contributed by atoms with E-state index in [1.807, 2.05) is 25.7 Å². The molecular weight excluding hydrogens is 444 g/mol. The molecule has 180 valence electrons. The first-order chi connectivity index (χ1) is 16.2. The number of piperidine rings is 1. The van der Waals surface area contributed by atoms with Crippen LogP contribution in [0.5, 0.6) is 0 Å². The van der Waals surface area contributed by atoms with E-state index in [4.69, 9.17) is 4.52 Å². The lowest BCUT2D eigenvalue weighted by molar-refractivity contribution is 0.0962. The molecule has 2 aromatic heterocycles. The quantitative estimate of drug-likeness (QED) is 0.576. The van der Waals surface area contributed by atoms with Crippen LogP contribution >= 0.6 is 0 Å². The van der Waals surface area contributed by atoms with Gasteiger partial charge in [0.2, 0.25) is 11.7 Å². The monoisotopic (exact) mass is 471 g/mol. The first kappa shape index (κ1) is 23.5. The number of aromatic nitrogens is 4. The number of nitrogens with zero attached hydrogens (tertiary/aromatic N) is 5. The lowest BCUT2D eigenvalue weighted by Crippen LogP contribution is -2.34. The van der Waals surface area contributed by atoms with E-state index in [2.05, 4.69) is 30.7 Å². The number of amides is 1. The summed E-state index contributed by atoms with van der Waals surface area (Å²) in [5.41, 5.74) is -0.0351. The van der Waals surface area contributed by atoms with Gasteiger partial charge in [-0.05, 0) is 31.0 Å². The molecule has 3 heterocycles. The molecule has 1 aromatic carbocycles. The zero-order chi connectivity index (χ0) is 24.5. The topological polar surface area (TPSA) is 109 Å². The van der Waals surface area contributed by atoms with Crippen LogP contribution < -0.4 is 15.5 Å². The van der Waals surface area contributed by atoms with E-state index < -0.39 is 17.5 Å². The second kappa shape index (κ2) is 9.32. The van der Waals surface area contributed by atoms with Crippen molar-refractivity contribution in [1.29, 1.82) is 0 Å². The van der Waals surface area contributed by atoms with Gasteiger partial charge in [-0.2, -0.15) is 9.37 Å². The molecule has 11 heteroatoms. The number of benzene rings is 1. The molecule has 1 aliphatic rings. The van der Waals surface area contributed by atoms with Gasteiger partial charge in [-0.15, -0.1) is 0 Å². The molecule has 4 rings (SSSR count). The normalized spacial score (nSPS) is 14.8. The maximum absolute atomic E-state index is 15.2. The van der Waals surface area contributed by atoms with Gasteiger partial charge < -0.3 is 20.1 Å². The lowest BCUT2D eigenvalue weighted by Gasteiger charge is -2.31. The van der Waals surface area contributed by atoms with Crippen molar-refractivity contribution in [3.63, 3.8) is 0 Å². The van der Waals surface area contributed by atoms with Crippen LogP contribution in [0.15, 0.2) is 29.0 Å². The Kier molecular flexibility index (Phi) is 6.45. The van der Waals surface area contributed by atoms with Crippen molar-refractivity contribution in [2.24, 2.45) is 0 Å². The van der Waals surface area contributed by atoms with Crippen LogP contribution in [0.3, 0.4) is 0 Å². The fourth-order valence-corrected chi connectivity index (χ4v) is 3.74. The van der Waals surface area contributed by atoms with Gasteiger partial charge in [-0.3, -0.25) is 4.79 Å². The largest absolute Gasteiger partial charge is 0.355 e. The summed E-state index contributed by atoms with van der Waals surface area (Å²) in [6.07, 6.45) is 2.64. The molecule has 0 atom stereocenters. The molecule has 1 fully saturated rings. The summed E-state index contributed by atoms with van der Waals surface area (Å²) in [5, 5.41) is 9.18. The summed E-state index contributed by atoms with van der Waals surface area (Å²) in [7, 11) is 1.46. The van der Waals surface area contributed by atoms with Crippen LogP contribution in [-0.2, 0) is 5.41 Å². The molecule has 1 saturated heterocycles. The minimum atomic E-state index is -0.698. The van der Waals surface area contributed by atoms with E-state index in [-0.39, 0.29) is 34.2 Å².